The zero-order valence-electron chi connectivity index (χ0n) is 9.96. The molecule has 19 heavy (non-hydrogen) atoms. The van der Waals surface area contributed by atoms with Crippen LogP contribution in [0.1, 0.15) is 22.8 Å². The number of alkyl halides is 3. The summed E-state index contributed by atoms with van der Waals surface area (Å²) in [4.78, 5) is 13.0. The Morgan fingerprint density at radius 1 is 1.37 bits per heavy atom. The number of nitrogens with zero attached hydrogens (tertiary/aromatic N) is 1. The lowest BCUT2D eigenvalue weighted by molar-refractivity contribution is -0.140. The lowest BCUT2D eigenvalue weighted by atomic mass is 9.95. The number of likely N-dealkylation sites (tertiary alicyclic amines) is 1. The first kappa shape index (κ1) is 13.8. The number of rotatable bonds is 1. The van der Waals surface area contributed by atoms with E-state index in [1.165, 1.54) is 11.8 Å². The number of hydrogen-bond donors (Lipinski definition) is 1. The SMILES string of the molecule is CC1(O)CN(C(=O)c2ccc(F)c(C(F)(F)F)c2)C1. The lowest BCUT2D eigenvalue weighted by Gasteiger charge is -2.44. The Labute approximate surface area is 106 Å². The van der Waals surface area contributed by atoms with Gasteiger partial charge in [-0.25, -0.2) is 4.39 Å². The van der Waals surface area contributed by atoms with Crippen molar-refractivity contribution in [3.8, 4) is 0 Å². The maximum absolute atomic E-state index is 13.1. The maximum atomic E-state index is 13.1. The summed E-state index contributed by atoms with van der Waals surface area (Å²) in [6, 6.07) is 2.11. The third-order valence-corrected chi connectivity index (χ3v) is 2.87. The molecule has 1 fully saturated rings. The van der Waals surface area contributed by atoms with E-state index in [1.807, 2.05) is 0 Å². The van der Waals surface area contributed by atoms with Crippen molar-refractivity contribution in [3.05, 3.63) is 35.1 Å². The number of benzene rings is 1. The number of hydrogen-bond acceptors (Lipinski definition) is 2. The van der Waals surface area contributed by atoms with E-state index in [9.17, 15) is 27.5 Å². The Kier molecular flexibility index (Phi) is 3.04. The van der Waals surface area contributed by atoms with Crippen molar-refractivity contribution in [3.63, 3.8) is 0 Å². The summed E-state index contributed by atoms with van der Waals surface area (Å²) in [6.07, 6.45) is -4.85. The summed E-state index contributed by atoms with van der Waals surface area (Å²) < 4.78 is 50.6. The second kappa shape index (κ2) is 4.19. The second-order valence-corrected chi connectivity index (χ2v) is 4.85. The Morgan fingerprint density at radius 3 is 2.42 bits per heavy atom. The molecule has 7 heteroatoms. The van der Waals surface area contributed by atoms with Crippen molar-refractivity contribution in [1.29, 1.82) is 0 Å². The van der Waals surface area contributed by atoms with Crippen LogP contribution in [0.2, 0.25) is 0 Å². The van der Waals surface area contributed by atoms with E-state index in [0.29, 0.717) is 12.1 Å². The fourth-order valence-corrected chi connectivity index (χ4v) is 1.98. The molecule has 0 unspecified atom stereocenters. The van der Waals surface area contributed by atoms with Crippen LogP contribution in [-0.2, 0) is 6.18 Å². The molecule has 1 saturated heterocycles. The molecule has 2 rings (SSSR count). The Balaban J connectivity index is 2.25. The largest absolute Gasteiger partial charge is 0.419 e. The van der Waals surface area contributed by atoms with E-state index in [-0.39, 0.29) is 18.7 Å². The van der Waals surface area contributed by atoms with Gasteiger partial charge in [0.1, 0.15) is 5.82 Å². The fraction of sp³-hybridized carbons (Fsp3) is 0.417. The van der Waals surface area contributed by atoms with Crippen LogP contribution in [0.4, 0.5) is 17.6 Å². The van der Waals surface area contributed by atoms with Crippen LogP contribution in [0.25, 0.3) is 0 Å². The standard InChI is InChI=1S/C12H11F4NO2/c1-11(19)5-17(6-11)10(18)7-2-3-9(13)8(4-7)12(14,15)16/h2-4,19H,5-6H2,1H3. The molecule has 1 amide bonds. The second-order valence-electron chi connectivity index (χ2n) is 4.85. The number of carbonyl (C=O) groups excluding carboxylic acids is 1. The van der Waals surface area contributed by atoms with Crippen LogP contribution >= 0.6 is 0 Å². The van der Waals surface area contributed by atoms with Crippen LogP contribution in [0.15, 0.2) is 18.2 Å². The quantitative estimate of drug-likeness (QED) is 0.798. The van der Waals surface area contributed by atoms with Gasteiger partial charge in [0, 0.05) is 5.56 Å². The Morgan fingerprint density at radius 2 is 1.95 bits per heavy atom. The van der Waals surface area contributed by atoms with E-state index in [2.05, 4.69) is 0 Å². The first-order valence-electron chi connectivity index (χ1n) is 5.48. The molecule has 104 valence electrons. The van der Waals surface area contributed by atoms with Crippen LogP contribution in [0.3, 0.4) is 0 Å². The number of β-amino-alcohol motifs (C(OH)–C–C–N with tert-alkyl or cyclic N) is 1. The molecule has 1 aliphatic rings. The molecule has 0 radical (unpaired) electrons. The number of aliphatic hydroxyl groups is 1. The van der Waals surface area contributed by atoms with Gasteiger partial charge in [-0.15, -0.1) is 0 Å². The molecular weight excluding hydrogens is 266 g/mol. The molecule has 1 N–H and O–H groups in total. The van der Waals surface area contributed by atoms with E-state index in [0.717, 1.165) is 6.07 Å². The van der Waals surface area contributed by atoms with E-state index < -0.39 is 29.1 Å². The molecular formula is C12H11F4NO2. The first-order valence-corrected chi connectivity index (χ1v) is 5.48. The third-order valence-electron chi connectivity index (χ3n) is 2.87. The van der Waals surface area contributed by atoms with E-state index in [4.69, 9.17) is 0 Å². The van der Waals surface area contributed by atoms with Crippen molar-refractivity contribution in [2.45, 2.75) is 18.7 Å². The molecule has 0 bridgehead atoms. The minimum atomic E-state index is -4.85. The Hall–Kier alpha value is -1.63. The zero-order chi connectivity index (χ0) is 14.4. The molecule has 1 aromatic rings. The number of halogens is 4. The summed E-state index contributed by atoms with van der Waals surface area (Å²) in [6.45, 7) is 1.61. The van der Waals surface area contributed by atoms with Crippen molar-refractivity contribution in [1.82, 2.24) is 4.90 Å². The molecule has 1 aromatic carbocycles. The van der Waals surface area contributed by atoms with Crippen molar-refractivity contribution < 1.29 is 27.5 Å². The topological polar surface area (TPSA) is 40.5 Å². The van der Waals surface area contributed by atoms with Crippen molar-refractivity contribution >= 4 is 5.91 Å². The van der Waals surface area contributed by atoms with Gasteiger partial charge in [0.2, 0.25) is 0 Å². The fourth-order valence-electron chi connectivity index (χ4n) is 1.98. The van der Waals surface area contributed by atoms with Gasteiger partial charge in [-0.1, -0.05) is 0 Å². The van der Waals surface area contributed by atoms with Crippen LogP contribution < -0.4 is 0 Å². The average molecular weight is 277 g/mol. The highest BCUT2D eigenvalue weighted by molar-refractivity contribution is 5.95. The highest BCUT2D eigenvalue weighted by Crippen LogP contribution is 2.32. The summed E-state index contributed by atoms with van der Waals surface area (Å²) in [5.41, 5.74) is -2.72. The molecule has 0 saturated carbocycles. The number of carbonyl (C=O) groups is 1. The van der Waals surface area contributed by atoms with E-state index >= 15 is 0 Å². The maximum Gasteiger partial charge on any atom is 0.419 e. The van der Waals surface area contributed by atoms with Gasteiger partial charge in [0.05, 0.1) is 24.3 Å². The molecule has 0 aromatic heterocycles. The molecule has 1 heterocycles. The predicted molar refractivity (Wildman–Crippen MR) is 57.9 cm³/mol. The highest BCUT2D eigenvalue weighted by atomic mass is 19.4. The third kappa shape index (κ3) is 2.70. The first-order chi connectivity index (χ1) is 8.60. The summed E-state index contributed by atoms with van der Waals surface area (Å²) in [5.74, 6) is -2.07. The molecule has 0 aliphatic carbocycles. The summed E-state index contributed by atoms with van der Waals surface area (Å²) in [7, 11) is 0. The Bertz CT molecular complexity index is 517. The smallest absolute Gasteiger partial charge is 0.386 e. The van der Waals surface area contributed by atoms with Crippen LogP contribution in [0, 0.1) is 5.82 Å². The van der Waals surface area contributed by atoms with E-state index in [1.54, 1.807) is 0 Å². The van der Waals surface area contributed by atoms with Gasteiger partial charge < -0.3 is 10.0 Å². The van der Waals surface area contributed by atoms with Crippen LogP contribution in [0.5, 0.6) is 0 Å². The normalized spacial score (nSPS) is 18.1. The minimum absolute atomic E-state index is 0.0462. The summed E-state index contributed by atoms with van der Waals surface area (Å²) in [5, 5.41) is 9.47. The molecule has 3 nitrogen and oxygen atoms in total. The zero-order valence-corrected chi connectivity index (χ0v) is 9.96. The highest BCUT2D eigenvalue weighted by Gasteiger charge is 2.40. The summed E-state index contributed by atoms with van der Waals surface area (Å²) >= 11 is 0. The van der Waals surface area contributed by atoms with Gasteiger partial charge in [-0.05, 0) is 25.1 Å². The monoisotopic (exact) mass is 277 g/mol. The molecule has 0 spiro atoms. The van der Waals surface area contributed by atoms with Crippen LogP contribution in [-0.4, -0.2) is 34.6 Å². The predicted octanol–water partition coefficient (Wildman–Crippen LogP) is 2.05. The lowest BCUT2D eigenvalue weighted by Crippen LogP contribution is -2.61. The molecule has 0 atom stereocenters. The van der Waals surface area contributed by atoms with Gasteiger partial charge >= 0.3 is 6.18 Å². The minimum Gasteiger partial charge on any atom is -0.386 e. The van der Waals surface area contributed by atoms with Crippen molar-refractivity contribution in [2.24, 2.45) is 0 Å². The number of amides is 1. The van der Waals surface area contributed by atoms with Gasteiger partial charge in [0.15, 0.2) is 0 Å². The van der Waals surface area contributed by atoms with Gasteiger partial charge in [-0.2, -0.15) is 13.2 Å². The van der Waals surface area contributed by atoms with Crippen molar-refractivity contribution in [2.75, 3.05) is 13.1 Å². The molecule has 1 aliphatic heterocycles. The van der Waals surface area contributed by atoms with Gasteiger partial charge in [0.25, 0.3) is 5.91 Å². The average Bonchev–Trinajstić information content (AvgIpc) is 2.24. The van der Waals surface area contributed by atoms with Gasteiger partial charge in [-0.3, -0.25) is 4.79 Å².